The van der Waals surface area contributed by atoms with Crippen molar-refractivity contribution in [1.82, 2.24) is 15.8 Å². The predicted molar refractivity (Wildman–Crippen MR) is 80.9 cm³/mol. The largest absolute Gasteiger partial charge is 0.322 e. The number of nitrogens with one attached hydrogen (secondary N) is 2. The summed E-state index contributed by atoms with van der Waals surface area (Å²) in [5.74, 6) is 0. The van der Waals surface area contributed by atoms with Crippen LogP contribution in [0.1, 0.15) is 41.5 Å². The molecule has 0 heterocycles. The second-order valence-corrected chi connectivity index (χ2v) is 3.44. The van der Waals surface area contributed by atoms with E-state index < -0.39 is 0 Å². The number of nitrogens with zero attached hydrogens (tertiary/aromatic N) is 1. The Morgan fingerprint density at radius 3 is 1.82 bits per heavy atom. The third-order valence-corrected chi connectivity index (χ3v) is 1.94. The van der Waals surface area contributed by atoms with Gasteiger partial charge >= 0.3 is 0 Å². The summed E-state index contributed by atoms with van der Waals surface area (Å²) in [4.78, 5) is 2.14. The molecule has 1 unspecified atom stereocenters. The average molecular weight is 243 g/mol. The molecule has 0 saturated heterocycles. The molecule has 0 fully saturated rings. The monoisotopic (exact) mass is 243 g/mol. The summed E-state index contributed by atoms with van der Waals surface area (Å²) in [6.45, 7) is 16.0. The van der Waals surface area contributed by atoms with Crippen LogP contribution in [0.2, 0.25) is 0 Å². The van der Waals surface area contributed by atoms with Gasteiger partial charge in [0.25, 0.3) is 0 Å². The molecule has 0 aliphatic carbocycles. The van der Waals surface area contributed by atoms with Crippen LogP contribution >= 0.6 is 0 Å². The first-order chi connectivity index (χ1) is 7.99. The van der Waals surface area contributed by atoms with Crippen LogP contribution < -0.4 is 10.9 Å². The molecule has 0 aliphatic heterocycles. The van der Waals surface area contributed by atoms with E-state index in [9.17, 15) is 0 Å². The zero-order valence-electron chi connectivity index (χ0n) is 13.3. The smallest absolute Gasteiger partial charge is 0.0486 e. The Kier molecular flexibility index (Phi) is 19.2. The lowest BCUT2D eigenvalue weighted by Gasteiger charge is -2.18. The predicted octanol–water partition coefficient (Wildman–Crippen LogP) is 3.17. The van der Waals surface area contributed by atoms with Crippen molar-refractivity contribution in [1.29, 1.82) is 0 Å². The van der Waals surface area contributed by atoms with Crippen molar-refractivity contribution in [3.8, 4) is 0 Å². The first kappa shape index (κ1) is 21.5. The second-order valence-electron chi connectivity index (χ2n) is 3.44. The average Bonchev–Trinajstić information content (AvgIpc) is 2.33. The van der Waals surface area contributed by atoms with Crippen LogP contribution in [0.4, 0.5) is 0 Å². The first-order valence-electron chi connectivity index (χ1n) is 6.46. The quantitative estimate of drug-likeness (QED) is 0.574. The fourth-order valence-electron chi connectivity index (χ4n) is 0.816. The van der Waals surface area contributed by atoms with Gasteiger partial charge in [0.15, 0.2) is 0 Å². The highest BCUT2D eigenvalue weighted by Gasteiger charge is 2.03. The van der Waals surface area contributed by atoms with Crippen molar-refractivity contribution < 1.29 is 0 Å². The number of hydrogen-bond acceptors (Lipinski definition) is 3. The van der Waals surface area contributed by atoms with Gasteiger partial charge in [0.05, 0.1) is 0 Å². The summed E-state index contributed by atoms with van der Waals surface area (Å²) >= 11 is 0. The number of likely N-dealkylation sites (N-methyl/N-ethyl adjacent to an activating group) is 1. The van der Waals surface area contributed by atoms with E-state index >= 15 is 0 Å². The molecule has 3 heteroatoms. The highest BCUT2D eigenvalue weighted by molar-refractivity contribution is 5.25. The topological polar surface area (TPSA) is 27.3 Å². The van der Waals surface area contributed by atoms with Crippen molar-refractivity contribution in [2.75, 3.05) is 21.1 Å². The lowest BCUT2D eigenvalue weighted by atomic mass is 10.2. The Bertz CT molecular complexity index is 196. The molecule has 0 aliphatic rings. The van der Waals surface area contributed by atoms with Gasteiger partial charge in [-0.1, -0.05) is 34.3 Å². The summed E-state index contributed by atoms with van der Waals surface area (Å²) < 4.78 is 0. The third-order valence-electron chi connectivity index (χ3n) is 1.94. The zero-order chi connectivity index (χ0) is 14.4. The Morgan fingerprint density at radius 1 is 1.18 bits per heavy atom. The molecule has 0 radical (unpaired) electrons. The zero-order valence-corrected chi connectivity index (χ0v) is 13.3. The van der Waals surface area contributed by atoms with Gasteiger partial charge in [-0.2, -0.15) is 0 Å². The third kappa shape index (κ3) is 13.1. The van der Waals surface area contributed by atoms with Crippen molar-refractivity contribution in [3.05, 3.63) is 23.9 Å². The van der Waals surface area contributed by atoms with Gasteiger partial charge in [0.1, 0.15) is 0 Å². The molecule has 3 nitrogen and oxygen atoms in total. The first-order valence-corrected chi connectivity index (χ1v) is 6.46. The van der Waals surface area contributed by atoms with Crippen molar-refractivity contribution in [2.45, 2.75) is 47.6 Å². The maximum Gasteiger partial charge on any atom is 0.0486 e. The molecule has 0 aromatic rings. The molecular weight excluding hydrogens is 210 g/mol. The van der Waals surface area contributed by atoms with E-state index in [0.29, 0.717) is 6.04 Å². The molecule has 0 aromatic heterocycles. The van der Waals surface area contributed by atoms with Crippen molar-refractivity contribution in [3.63, 3.8) is 0 Å². The molecule has 0 amide bonds. The molecule has 2 N–H and O–H groups in total. The van der Waals surface area contributed by atoms with Gasteiger partial charge in [-0.05, 0) is 39.6 Å². The van der Waals surface area contributed by atoms with Crippen LogP contribution in [0, 0.1) is 0 Å². The summed E-state index contributed by atoms with van der Waals surface area (Å²) in [6, 6.07) is 0.396. The minimum Gasteiger partial charge on any atom is -0.322 e. The standard InChI is InChI=1S/C10H21N3.2C2H6/c1-8(2)10(12-11-4)7-9(3)13(5)6;2*1-2/h7,9,11-12H,1H2,2-6H3;2*1-2H3/b10-7+;;. The lowest BCUT2D eigenvalue weighted by Crippen LogP contribution is -2.30. The Morgan fingerprint density at radius 2 is 1.59 bits per heavy atom. The Labute approximate surface area is 109 Å². The van der Waals surface area contributed by atoms with Crippen LogP contribution in [0.5, 0.6) is 0 Å². The van der Waals surface area contributed by atoms with Crippen LogP contribution in [0.3, 0.4) is 0 Å². The molecule has 0 rings (SSSR count). The van der Waals surface area contributed by atoms with Crippen LogP contribution in [-0.4, -0.2) is 32.1 Å². The highest BCUT2D eigenvalue weighted by atomic mass is 15.3. The van der Waals surface area contributed by atoms with Gasteiger partial charge in [-0.25, -0.2) is 5.43 Å². The minimum atomic E-state index is 0.396. The molecule has 0 bridgehead atoms. The summed E-state index contributed by atoms with van der Waals surface area (Å²) in [5.41, 5.74) is 8.02. The van der Waals surface area contributed by atoms with Gasteiger partial charge in [-0.3, -0.25) is 0 Å². The Balaban J connectivity index is -0.000000439. The fourth-order valence-corrected chi connectivity index (χ4v) is 0.816. The number of allylic oxidation sites excluding steroid dienone is 1. The van der Waals surface area contributed by atoms with Gasteiger partial charge < -0.3 is 10.3 Å². The van der Waals surface area contributed by atoms with E-state index in [2.05, 4.69) is 49.4 Å². The highest BCUT2D eigenvalue weighted by Crippen LogP contribution is 2.05. The summed E-state index contributed by atoms with van der Waals surface area (Å²) in [6.07, 6.45) is 2.14. The van der Waals surface area contributed by atoms with Gasteiger partial charge in [0.2, 0.25) is 0 Å². The van der Waals surface area contributed by atoms with E-state index in [0.717, 1.165) is 11.3 Å². The molecule has 17 heavy (non-hydrogen) atoms. The normalized spacial score (nSPS) is 11.8. The molecule has 104 valence electrons. The Hall–Kier alpha value is -0.800. The molecule has 0 aromatic carbocycles. The minimum absolute atomic E-state index is 0.396. The van der Waals surface area contributed by atoms with E-state index in [1.54, 1.807) is 0 Å². The maximum atomic E-state index is 3.90. The molecule has 0 saturated carbocycles. The number of hydrogen-bond donors (Lipinski definition) is 2. The van der Waals surface area contributed by atoms with Crippen LogP contribution in [-0.2, 0) is 0 Å². The van der Waals surface area contributed by atoms with Gasteiger partial charge in [0, 0.05) is 18.8 Å². The van der Waals surface area contributed by atoms with E-state index in [1.807, 2.05) is 41.7 Å². The van der Waals surface area contributed by atoms with E-state index in [4.69, 9.17) is 0 Å². The van der Waals surface area contributed by atoms with Crippen LogP contribution in [0.15, 0.2) is 23.9 Å². The second kappa shape index (κ2) is 15.2. The number of hydrazine groups is 1. The van der Waals surface area contributed by atoms with Crippen LogP contribution in [0.25, 0.3) is 0 Å². The van der Waals surface area contributed by atoms with Gasteiger partial charge in [-0.15, -0.1) is 0 Å². The van der Waals surface area contributed by atoms with E-state index in [-0.39, 0.29) is 0 Å². The maximum absolute atomic E-state index is 3.90. The van der Waals surface area contributed by atoms with E-state index in [1.165, 1.54) is 0 Å². The fraction of sp³-hybridized carbons (Fsp3) is 0.714. The molecular formula is C14H33N3. The number of rotatable bonds is 5. The summed E-state index contributed by atoms with van der Waals surface area (Å²) in [5, 5.41) is 0. The SMILES string of the molecule is C=C(C)/C(=C\C(C)N(C)C)NNC.CC.CC. The van der Waals surface area contributed by atoms with Crippen molar-refractivity contribution in [2.24, 2.45) is 0 Å². The lowest BCUT2D eigenvalue weighted by molar-refractivity contribution is 0.362. The molecule has 1 atom stereocenters. The van der Waals surface area contributed by atoms with Crippen molar-refractivity contribution >= 4 is 0 Å². The summed E-state index contributed by atoms with van der Waals surface area (Å²) in [7, 11) is 5.95. The molecule has 0 spiro atoms.